The van der Waals surface area contributed by atoms with Crippen LogP contribution in [0.3, 0.4) is 0 Å². The summed E-state index contributed by atoms with van der Waals surface area (Å²) in [5.41, 5.74) is 2.51. The maximum atomic E-state index is 13.2. The monoisotopic (exact) mass is 342 g/mol. The van der Waals surface area contributed by atoms with Crippen LogP contribution < -0.4 is 5.32 Å². The summed E-state index contributed by atoms with van der Waals surface area (Å²) in [7, 11) is 0. The van der Waals surface area contributed by atoms with Gasteiger partial charge in [-0.15, -0.1) is 0 Å². The van der Waals surface area contributed by atoms with Crippen LogP contribution in [0.5, 0.6) is 0 Å². The third kappa shape index (κ3) is 3.65. The van der Waals surface area contributed by atoms with Crippen LogP contribution in [-0.2, 0) is 4.79 Å². The Balaban J connectivity index is 1.71. The molecule has 0 aliphatic carbocycles. The number of halogens is 1. The Bertz CT molecular complexity index is 818. The molecule has 122 valence electrons. The Morgan fingerprint density at radius 1 is 1.17 bits per heavy atom. The van der Waals surface area contributed by atoms with Crippen molar-refractivity contribution in [3.63, 3.8) is 0 Å². The van der Waals surface area contributed by atoms with E-state index in [4.69, 9.17) is 0 Å². The van der Waals surface area contributed by atoms with E-state index in [0.717, 1.165) is 27.9 Å². The van der Waals surface area contributed by atoms with Crippen LogP contribution in [0.4, 0.5) is 14.9 Å². The number of aryl methyl sites for hydroxylation is 1. The normalized spacial score (nSPS) is 16.1. The van der Waals surface area contributed by atoms with Crippen LogP contribution in [-0.4, -0.2) is 22.7 Å². The molecule has 0 unspecified atom stereocenters. The molecule has 2 amide bonds. The minimum atomic E-state index is -0.385. The van der Waals surface area contributed by atoms with Gasteiger partial charge in [0.15, 0.2) is 0 Å². The second kappa shape index (κ2) is 6.88. The Hall–Kier alpha value is -2.60. The predicted octanol–water partition coefficient (Wildman–Crippen LogP) is 4.24. The van der Waals surface area contributed by atoms with Crippen molar-refractivity contribution in [3.8, 4) is 0 Å². The van der Waals surface area contributed by atoms with Crippen molar-refractivity contribution in [1.82, 2.24) is 4.90 Å². The lowest BCUT2D eigenvalue weighted by Crippen LogP contribution is -2.33. The van der Waals surface area contributed by atoms with Crippen LogP contribution in [0.25, 0.3) is 6.08 Å². The number of amides is 2. The molecule has 1 aliphatic rings. The van der Waals surface area contributed by atoms with Gasteiger partial charge in [-0.25, -0.2) is 4.39 Å². The molecule has 1 N–H and O–H groups in total. The van der Waals surface area contributed by atoms with Gasteiger partial charge in [-0.2, -0.15) is 0 Å². The highest BCUT2D eigenvalue weighted by molar-refractivity contribution is 8.18. The van der Waals surface area contributed by atoms with Crippen molar-refractivity contribution in [2.24, 2.45) is 0 Å². The molecular formula is C18H15FN2O2S. The second-order valence-corrected chi connectivity index (χ2v) is 6.36. The first-order valence-electron chi connectivity index (χ1n) is 7.34. The number of nitrogens with zero attached hydrogens (tertiary/aromatic N) is 1. The van der Waals surface area contributed by atoms with Gasteiger partial charge in [-0.1, -0.05) is 29.8 Å². The average molecular weight is 342 g/mol. The van der Waals surface area contributed by atoms with Crippen LogP contribution in [0.15, 0.2) is 53.4 Å². The fourth-order valence-electron chi connectivity index (χ4n) is 2.23. The van der Waals surface area contributed by atoms with Crippen molar-refractivity contribution in [3.05, 3.63) is 70.4 Å². The Morgan fingerprint density at radius 2 is 1.92 bits per heavy atom. The van der Waals surface area contributed by atoms with Gasteiger partial charge >= 0.3 is 0 Å². The highest BCUT2D eigenvalue weighted by Crippen LogP contribution is 2.32. The topological polar surface area (TPSA) is 49.4 Å². The predicted molar refractivity (Wildman–Crippen MR) is 93.9 cm³/mol. The molecule has 4 nitrogen and oxygen atoms in total. The number of thioether (sulfide) groups is 1. The second-order valence-electron chi connectivity index (χ2n) is 5.37. The summed E-state index contributed by atoms with van der Waals surface area (Å²) in [4.78, 5) is 25.8. The van der Waals surface area contributed by atoms with Crippen molar-refractivity contribution >= 4 is 34.7 Å². The molecule has 0 atom stereocenters. The first kappa shape index (κ1) is 16.3. The Labute approximate surface area is 143 Å². The zero-order valence-corrected chi connectivity index (χ0v) is 13.8. The number of imide groups is 1. The number of carbonyl (C=O) groups excluding carboxylic acids is 2. The lowest BCUT2D eigenvalue weighted by Gasteiger charge is -2.14. The molecule has 2 aromatic rings. The van der Waals surface area contributed by atoms with Crippen molar-refractivity contribution in [2.45, 2.75) is 6.92 Å². The summed E-state index contributed by atoms with van der Waals surface area (Å²) in [5.74, 6) is -0.766. The number of carbonyl (C=O) groups is 2. The number of rotatable bonds is 4. The number of benzene rings is 2. The van der Waals surface area contributed by atoms with Crippen molar-refractivity contribution in [2.75, 3.05) is 12.0 Å². The molecule has 0 radical (unpaired) electrons. The average Bonchev–Trinajstić information content (AvgIpc) is 2.81. The molecule has 0 saturated carbocycles. The number of hydrogen-bond donors (Lipinski definition) is 1. The zero-order valence-electron chi connectivity index (χ0n) is 13.0. The highest BCUT2D eigenvalue weighted by atomic mass is 32.2. The third-order valence-corrected chi connectivity index (χ3v) is 4.42. The smallest absolute Gasteiger partial charge is 0.295 e. The highest BCUT2D eigenvalue weighted by Gasteiger charge is 2.34. The number of anilines is 1. The van der Waals surface area contributed by atoms with E-state index in [1.54, 1.807) is 12.1 Å². The summed E-state index contributed by atoms with van der Waals surface area (Å²) in [6.07, 6.45) is 1.53. The number of nitrogens with one attached hydrogen (secondary N) is 1. The van der Waals surface area contributed by atoms with Gasteiger partial charge in [0.05, 0.1) is 11.6 Å². The van der Waals surface area contributed by atoms with E-state index in [2.05, 4.69) is 5.32 Å². The summed E-state index contributed by atoms with van der Waals surface area (Å²) >= 11 is 0.856. The molecule has 0 spiro atoms. The van der Waals surface area contributed by atoms with Gasteiger partial charge in [0.25, 0.3) is 11.1 Å². The maximum Gasteiger partial charge on any atom is 0.295 e. The molecule has 1 aliphatic heterocycles. The van der Waals surface area contributed by atoms with E-state index in [1.807, 2.05) is 31.2 Å². The van der Waals surface area contributed by atoms with Crippen LogP contribution in [0, 0.1) is 12.7 Å². The molecule has 0 aromatic heterocycles. The summed E-state index contributed by atoms with van der Waals surface area (Å²) in [6.45, 7) is 2.08. The van der Waals surface area contributed by atoms with E-state index < -0.39 is 0 Å². The minimum absolute atomic E-state index is 0.0915. The van der Waals surface area contributed by atoms with Crippen molar-refractivity contribution in [1.29, 1.82) is 0 Å². The molecule has 6 heteroatoms. The van der Waals surface area contributed by atoms with Gasteiger partial charge in [-0.3, -0.25) is 14.5 Å². The number of hydrogen-bond acceptors (Lipinski definition) is 4. The SMILES string of the molecule is Cc1ccc(NCN2C(=O)S/C(=C\c3cccc(F)c3)C2=O)cc1. The maximum absolute atomic E-state index is 13.2. The van der Waals surface area contributed by atoms with Crippen LogP contribution in [0.1, 0.15) is 11.1 Å². The molecular weight excluding hydrogens is 327 g/mol. The van der Waals surface area contributed by atoms with Gasteiger partial charge in [0, 0.05) is 5.69 Å². The van der Waals surface area contributed by atoms with Gasteiger partial charge < -0.3 is 5.32 Å². The van der Waals surface area contributed by atoms with Crippen LogP contribution >= 0.6 is 11.8 Å². The minimum Gasteiger partial charge on any atom is -0.367 e. The lowest BCUT2D eigenvalue weighted by atomic mass is 10.2. The molecule has 1 fully saturated rings. The van der Waals surface area contributed by atoms with E-state index >= 15 is 0 Å². The largest absolute Gasteiger partial charge is 0.367 e. The molecule has 2 aromatic carbocycles. The fourth-order valence-corrected chi connectivity index (χ4v) is 3.06. The molecule has 24 heavy (non-hydrogen) atoms. The van der Waals surface area contributed by atoms with E-state index in [9.17, 15) is 14.0 Å². The quantitative estimate of drug-likeness (QED) is 0.845. The van der Waals surface area contributed by atoms with E-state index in [-0.39, 0.29) is 28.5 Å². The molecule has 3 rings (SSSR count). The fraction of sp³-hybridized carbons (Fsp3) is 0.111. The Morgan fingerprint density at radius 3 is 2.62 bits per heavy atom. The lowest BCUT2D eigenvalue weighted by molar-refractivity contribution is -0.122. The van der Waals surface area contributed by atoms with Gasteiger partial charge in [-0.05, 0) is 54.6 Å². The zero-order chi connectivity index (χ0) is 17.1. The summed E-state index contributed by atoms with van der Waals surface area (Å²) < 4.78 is 13.2. The molecule has 0 bridgehead atoms. The standard InChI is InChI=1S/C18H15FN2O2S/c1-12-5-7-15(8-6-12)20-11-21-17(22)16(24-18(21)23)10-13-3-2-4-14(19)9-13/h2-10,20H,11H2,1H3/b16-10-. The molecule has 1 saturated heterocycles. The summed E-state index contributed by atoms with van der Waals surface area (Å²) in [5, 5.41) is 2.71. The first-order chi connectivity index (χ1) is 11.5. The van der Waals surface area contributed by atoms with Crippen molar-refractivity contribution < 1.29 is 14.0 Å². The van der Waals surface area contributed by atoms with E-state index in [0.29, 0.717) is 5.56 Å². The molecule has 1 heterocycles. The summed E-state index contributed by atoms with van der Waals surface area (Å²) in [6, 6.07) is 13.5. The van der Waals surface area contributed by atoms with Gasteiger partial charge in [0.1, 0.15) is 5.82 Å². The Kier molecular flexibility index (Phi) is 4.66. The van der Waals surface area contributed by atoms with Crippen LogP contribution in [0.2, 0.25) is 0 Å². The first-order valence-corrected chi connectivity index (χ1v) is 8.16. The van der Waals surface area contributed by atoms with Gasteiger partial charge in [0.2, 0.25) is 0 Å². The van der Waals surface area contributed by atoms with E-state index in [1.165, 1.54) is 18.2 Å². The third-order valence-electron chi connectivity index (χ3n) is 3.51.